The number of phosphoric acid groups is 2. The van der Waals surface area contributed by atoms with Crippen molar-refractivity contribution in [3.8, 4) is 0 Å². The molecule has 0 radical (unpaired) electrons. The Morgan fingerprint density at radius 1 is 0.322 bits per heavy atom. The van der Waals surface area contributed by atoms with Crippen LogP contribution in [-0.2, 0) is 65.4 Å². The SMILES string of the molecule is CCC(C)CCCCCCCCC(=O)OC[C@H](COP(=O)(O)OC[C@H](O)COP(=O)(O)OC[C@@H](COC(=O)CCCCCCCCCCC(C)C)OC(=O)CCCCCCCCCCCCCC(C)C)OC(=O)CCCCCCCCCCCC(C)C. The Bertz CT molecular complexity index is 1730. The predicted molar refractivity (Wildman–Crippen MR) is 349 cm³/mol. The standard InChI is InChI=1S/C68H132O17P2/c1-9-61(8)47-39-31-26-27-33-41-49-66(71)79-55-64(85-68(73)51-43-35-25-17-13-15-21-29-37-45-59(4)5)57-83-87(76,77)81-53-62(69)52-80-86(74,75)82-56-63(54-78-65(70)48-40-32-23-19-18-22-30-38-46-60(6)7)84-67(72)50-42-34-24-16-12-10-11-14-20-28-36-44-58(2)3/h58-64,69H,9-57H2,1-8H3,(H,74,75)(H,76,77)/t61?,62-,63-,64-/m1/s1. The number of carbonyl (C=O) groups excluding carboxylic acids is 4. The van der Waals surface area contributed by atoms with Crippen LogP contribution in [0, 0.1) is 23.7 Å². The molecule has 0 aliphatic rings. The van der Waals surface area contributed by atoms with Gasteiger partial charge in [-0.1, -0.05) is 280 Å². The minimum atomic E-state index is -4.95. The molecule has 0 aromatic heterocycles. The highest BCUT2D eigenvalue weighted by molar-refractivity contribution is 7.47. The van der Waals surface area contributed by atoms with Gasteiger partial charge in [-0.15, -0.1) is 0 Å². The van der Waals surface area contributed by atoms with E-state index >= 15 is 0 Å². The first-order valence-electron chi connectivity index (χ1n) is 35.2. The number of aliphatic hydroxyl groups excluding tert-OH is 1. The van der Waals surface area contributed by atoms with Gasteiger partial charge in [0.25, 0.3) is 0 Å². The van der Waals surface area contributed by atoms with Gasteiger partial charge in [0.05, 0.1) is 26.4 Å². The Hall–Kier alpha value is -1.94. The topological polar surface area (TPSA) is 237 Å². The van der Waals surface area contributed by atoms with Crippen LogP contribution in [0.25, 0.3) is 0 Å². The van der Waals surface area contributed by atoms with Crippen molar-refractivity contribution in [2.45, 2.75) is 350 Å². The minimum Gasteiger partial charge on any atom is -0.462 e. The van der Waals surface area contributed by atoms with E-state index in [1.165, 1.54) is 128 Å². The maximum Gasteiger partial charge on any atom is 0.472 e. The molecule has 3 N–H and O–H groups in total. The number of esters is 4. The first-order valence-corrected chi connectivity index (χ1v) is 38.2. The monoisotopic (exact) mass is 1280 g/mol. The largest absolute Gasteiger partial charge is 0.472 e. The lowest BCUT2D eigenvalue weighted by molar-refractivity contribution is -0.161. The fourth-order valence-electron chi connectivity index (χ4n) is 10.1. The van der Waals surface area contributed by atoms with Crippen LogP contribution in [0.3, 0.4) is 0 Å². The molecular formula is C68H132O17P2. The van der Waals surface area contributed by atoms with Crippen molar-refractivity contribution in [3.05, 3.63) is 0 Å². The van der Waals surface area contributed by atoms with E-state index in [0.717, 1.165) is 120 Å². The Labute approximate surface area is 530 Å². The van der Waals surface area contributed by atoms with E-state index in [4.69, 9.17) is 37.0 Å². The van der Waals surface area contributed by atoms with Crippen LogP contribution in [0.15, 0.2) is 0 Å². The predicted octanol–water partition coefficient (Wildman–Crippen LogP) is 18.9. The summed E-state index contributed by atoms with van der Waals surface area (Å²) in [6, 6.07) is 0. The van der Waals surface area contributed by atoms with Crippen LogP contribution in [0.2, 0.25) is 0 Å². The highest BCUT2D eigenvalue weighted by atomic mass is 31.2. The molecule has 0 saturated carbocycles. The molecule has 6 atom stereocenters. The van der Waals surface area contributed by atoms with Crippen molar-refractivity contribution in [3.63, 3.8) is 0 Å². The molecular weight excluding hydrogens is 1150 g/mol. The zero-order valence-electron chi connectivity index (χ0n) is 56.6. The number of carbonyl (C=O) groups is 4. The summed E-state index contributed by atoms with van der Waals surface area (Å²) in [6.07, 6.45) is 39.0. The molecule has 87 heavy (non-hydrogen) atoms. The summed E-state index contributed by atoms with van der Waals surface area (Å²) in [5.74, 6) is 0.825. The van der Waals surface area contributed by atoms with Crippen LogP contribution in [0.4, 0.5) is 0 Å². The number of hydrogen-bond acceptors (Lipinski definition) is 15. The summed E-state index contributed by atoms with van der Waals surface area (Å²) in [6.45, 7) is 14.0. The van der Waals surface area contributed by atoms with Gasteiger partial charge in [-0.25, -0.2) is 9.13 Å². The van der Waals surface area contributed by atoms with E-state index in [2.05, 4.69) is 55.4 Å². The third kappa shape index (κ3) is 61.3. The second kappa shape index (κ2) is 57.9. The molecule has 0 aliphatic carbocycles. The van der Waals surface area contributed by atoms with E-state index in [9.17, 15) is 43.2 Å². The fraction of sp³-hybridized carbons (Fsp3) is 0.941. The summed E-state index contributed by atoms with van der Waals surface area (Å²) >= 11 is 0. The van der Waals surface area contributed by atoms with E-state index in [1.807, 2.05) is 0 Å². The molecule has 0 spiro atoms. The van der Waals surface area contributed by atoms with Gasteiger partial charge in [-0.2, -0.15) is 0 Å². The van der Waals surface area contributed by atoms with Crippen LogP contribution in [0.1, 0.15) is 331 Å². The smallest absolute Gasteiger partial charge is 0.462 e. The summed E-state index contributed by atoms with van der Waals surface area (Å²) in [5, 5.41) is 10.6. The van der Waals surface area contributed by atoms with Crippen LogP contribution in [-0.4, -0.2) is 96.7 Å². The minimum absolute atomic E-state index is 0.104. The first kappa shape index (κ1) is 85.1. The third-order valence-corrected chi connectivity index (χ3v) is 17.8. The lowest BCUT2D eigenvalue weighted by Crippen LogP contribution is -2.30. The maximum atomic E-state index is 13.0. The highest BCUT2D eigenvalue weighted by Gasteiger charge is 2.30. The van der Waals surface area contributed by atoms with Crippen LogP contribution >= 0.6 is 15.6 Å². The zero-order valence-corrected chi connectivity index (χ0v) is 58.4. The van der Waals surface area contributed by atoms with Gasteiger partial charge in [0.15, 0.2) is 12.2 Å². The normalized spacial score (nSPS) is 14.6. The van der Waals surface area contributed by atoms with Crippen LogP contribution < -0.4 is 0 Å². The van der Waals surface area contributed by atoms with Gasteiger partial charge in [0, 0.05) is 25.7 Å². The van der Waals surface area contributed by atoms with E-state index in [1.54, 1.807) is 0 Å². The molecule has 0 amide bonds. The summed E-state index contributed by atoms with van der Waals surface area (Å²) in [7, 11) is -9.90. The summed E-state index contributed by atoms with van der Waals surface area (Å²) in [4.78, 5) is 72.4. The molecule has 0 saturated heterocycles. The average molecular weight is 1280 g/mol. The Morgan fingerprint density at radius 3 is 0.816 bits per heavy atom. The summed E-state index contributed by atoms with van der Waals surface area (Å²) in [5.41, 5.74) is 0. The first-order chi connectivity index (χ1) is 41.6. The van der Waals surface area contributed by atoms with Crippen molar-refractivity contribution in [1.29, 1.82) is 0 Å². The molecule has 0 aromatic carbocycles. The second-order valence-corrected chi connectivity index (χ2v) is 29.1. The number of phosphoric ester groups is 2. The number of rotatable bonds is 65. The molecule has 0 rings (SSSR count). The number of aliphatic hydroxyl groups is 1. The van der Waals surface area contributed by atoms with Gasteiger partial charge >= 0.3 is 39.5 Å². The molecule has 19 heteroatoms. The number of unbranched alkanes of at least 4 members (excludes halogenated alkanes) is 30. The Kier molecular flexibility index (Phi) is 56.6. The second-order valence-electron chi connectivity index (χ2n) is 26.2. The van der Waals surface area contributed by atoms with E-state index in [0.29, 0.717) is 25.7 Å². The Balaban J connectivity index is 5.27. The lowest BCUT2D eigenvalue weighted by Gasteiger charge is -2.21. The van der Waals surface area contributed by atoms with Gasteiger partial charge in [-0.05, 0) is 49.4 Å². The summed E-state index contributed by atoms with van der Waals surface area (Å²) < 4.78 is 68.2. The molecule has 0 aliphatic heterocycles. The van der Waals surface area contributed by atoms with Crippen molar-refractivity contribution in [1.82, 2.24) is 0 Å². The molecule has 0 fully saturated rings. The fourth-order valence-corrected chi connectivity index (χ4v) is 11.7. The van der Waals surface area contributed by atoms with Crippen molar-refractivity contribution in [2.24, 2.45) is 23.7 Å². The molecule has 0 bridgehead atoms. The Morgan fingerprint density at radius 2 is 0.552 bits per heavy atom. The van der Waals surface area contributed by atoms with Gasteiger partial charge in [-0.3, -0.25) is 37.3 Å². The lowest BCUT2D eigenvalue weighted by atomic mass is 10.00. The number of ether oxygens (including phenoxy) is 4. The van der Waals surface area contributed by atoms with E-state index in [-0.39, 0.29) is 25.7 Å². The zero-order chi connectivity index (χ0) is 64.7. The van der Waals surface area contributed by atoms with Gasteiger partial charge < -0.3 is 33.8 Å². The average Bonchev–Trinajstić information content (AvgIpc) is 3.66. The molecule has 17 nitrogen and oxygen atoms in total. The van der Waals surface area contributed by atoms with Crippen LogP contribution in [0.5, 0.6) is 0 Å². The van der Waals surface area contributed by atoms with Crippen molar-refractivity contribution in [2.75, 3.05) is 39.6 Å². The maximum absolute atomic E-state index is 13.0. The van der Waals surface area contributed by atoms with Crippen molar-refractivity contribution < 1.29 is 80.2 Å². The van der Waals surface area contributed by atoms with Gasteiger partial charge in [0.1, 0.15) is 19.3 Å². The third-order valence-electron chi connectivity index (χ3n) is 15.9. The van der Waals surface area contributed by atoms with Crippen molar-refractivity contribution >= 4 is 39.5 Å². The molecule has 0 aromatic rings. The van der Waals surface area contributed by atoms with E-state index < -0.39 is 97.5 Å². The molecule has 3 unspecified atom stereocenters. The quantitative estimate of drug-likeness (QED) is 0.0222. The highest BCUT2D eigenvalue weighted by Crippen LogP contribution is 2.45. The van der Waals surface area contributed by atoms with Gasteiger partial charge in [0.2, 0.25) is 0 Å². The molecule has 516 valence electrons. The number of hydrogen-bond donors (Lipinski definition) is 3. The molecule has 0 heterocycles.